The predicted octanol–water partition coefficient (Wildman–Crippen LogP) is 4.09. The minimum atomic E-state index is -0.918. The fourth-order valence-corrected chi connectivity index (χ4v) is 3.40. The van der Waals surface area contributed by atoms with Gasteiger partial charge in [-0.1, -0.05) is 36.8 Å². The molecule has 1 N–H and O–H groups in total. The number of aliphatic hydroxyl groups is 1. The van der Waals surface area contributed by atoms with Crippen molar-refractivity contribution in [1.29, 1.82) is 0 Å². The first-order valence-electron chi connectivity index (χ1n) is 7.53. The Morgan fingerprint density at radius 3 is 2.24 bits per heavy atom. The van der Waals surface area contributed by atoms with Crippen molar-refractivity contribution in [3.8, 4) is 0 Å². The maximum absolute atomic E-state index is 11.3. The van der Waals surface area contributed by atoms with Crippen LogP contribution in [0.2, 0.25) is 0 Å². The first-order valence-corrected chi connectivity index (χ1v) is 7.53. The van der Waals surface area contributed by atoms with Crippen molar-refractivity contribution in [3.63, 3.8) is 0 Å². The van der Waals surface area contributed by atoms with E-state index in [0.717, 1.165) is 29.5 Å². The SMILES string of the molecule is CCC1(c2ccccc2C2(O)CCC(C)=C2C)OC=CO1. The van der Waals surface area contributed by atoms with E-state index in [4.69, 9.17) is 9.47 Å². The molecule has 1 heterocycles. The van der Waals surface area contributed by atoms with E-state index in [1.54, 1.807) is 12.5 Å². The Labute approximate surface area is 125 Å². The van der Waals surface area contributed by atoms with Crippen LogP contribution in [-0.2, 0) is 20.9 Å². The van der Waals surface area contributed by atoms with Gasteiger partial charge < -0.3 is 14.6 Å². The summed E-state index contributed by atoms with van der Waals surface area (Å²) in [5.41, 5.74) is 3.20. The van der Waals surface area contributed by atoms with Gasteiger partial charge in [0.15, 0.2) is 0 Å². The molecule has 2 aliphatic rings. The van der Waals surface area contributed by atoms with Gasteiger partial charge in [0.2, 0.25) is 0 Å². The van der Waals surface area contributed by atoms with E-state index in [2.05, 4.69) is 6.92 Å². The molecule has 0 amide bonds. The highest BCUT2D eigenvalue weighted by atomic mass is 16.7. The van der Waals surface area contributed by atoms with Crippen molar-refractivity contribution in [2.45, 2.75) is 51.4 Å². The highest BCUT2D eigenvalue weighted by molar-refractivity contribution is 5.44. The Kier molecular flexibility index (Phi) is 3.33. The quantitative estimate of drug-likeness (QED) is 0.851. The molecule has 1 aliphatic carbocycles. The second-order valence-electron chi connectivity index (χ2n) is 5.93. The molecule has 0 aromatic heterocycles. The molecule has 0 radical (unpaired) electrons. The van der Waals surface area contributed by atoms with Crippen LogP contribution in [0.5, 0.6) is 0 Å². The molecule has 0 bridgehead atoms. The van der Waals surface area contributed by atoms with Crippen LogP contribution >= 0.6 is 0 Å². The third-order valence-electron chi connectivity index (χ3n) is 4.94. The van der Waals surface area contributed by atoms with E-state index >= 15 is 0 Å². The van der Waals surface area contributed by atoms with Crippen molar-refractivity contribution >= 4 is 0 Å². The highest BCUT2D eigenvalue weighted by Gasteiger charge is 2.45. The van der Waals surface area contributed by atoms with Crippen molar-refractivity contribution in [1.82, 2.24) is 0 Å². The summed E-state index contributed by atoms with van der Waals surface area (Å²) in [6.45, 7) is 6.14. The van der Waals surface area contributed by atoms with Crippen LogP contribution < -0.4 is 0 Å². The van der Waals surface area contributed by atoms with Gasteiger partial charge >= 0.3 is 0 Å². The summed E-state index contributed by atoms with van der Waals surface area (Å²) >= 11 is 0. The van der Waals surface area contributed by atoms with E-state index in [1.165, 1.54) is 5.57 Å². The zero-order valence-corrected chi connectivity index (χ0v) is 12.8. The van der Waals surface area contributed by atoms with Gasteiger partial charge in [-0.25, -0.2) is 0 Å². The molecule has 0 fully saturated rings. The van der Waals surface area contributed by atoms with Crippen molar-refractivity contribution in [3.05, 3.63) is 59.1 Å². The molecule has 3 nitrogen and oxygen atoms in total. The van der Waals surface area contributed by atoms with Gasteiger partial charge in [-0.15, -0.1) is 0 Å². The van der Waals surface area contributed by atoms with Crippen LogP contribution in [-0.4, -0.2) is 5.11 Å². The number of benzene rings is 1. The second kappa shape index (κ2) is 4.92. The molecule has 0 spiro atoms. The smallest absolute Gasteiger partial charge is 0.276 e. The Balaban J connectivity index is 2.14. The average Bonchev–Trinajstić information content (AvgIpc) is 3.10. The fourth-order valence-electron chi connectivity index (χ4n) is 3.40. The third kappa shape index (κ3) is 1.99. The summed E-state index contributed by atoms with van der Waals surface area (Å²) in [7, 11) is 0. The van der Waals surface area contributed by atoms with E-state index in [-0.39, 0.29) is 0 Å². The summed E-state index contributed by atoms with van der Waals surface area (Å²) in [6.07, 6.45) is 5.47. The summed E-state index contributed by atoms with van der Waals surface area (Å²) in [5.74, 6) is -0.816. The predicted molar refractivity (Wildman–Crippen MR) is 81.2 cm³/mol. The standard InChI is InChI=1S/C18H22O3/c1-4-18(20-11-12-21-18)16-8-6-5-7-15(16)17(19)10-9-13(2)14(17)3/h5-8,11-12,19H,4,9-10H2,1-3H3. The largest absolute Gasteiger partial charge is 0.453 e. The van der Waals surface area contributed by atoms with Crippen molar-refractivity contribution < 1.29 is 14.6 Å². The maximum atomic E-state index is 11.3. The lowest BCUT2D eigenvalue weighted by Crippen LogP contribution is -2.33. The molecular formula is C18H22O3. The zero-order valence-electron chi connectivity index (χ0n) is 12.8. The molecule has 1 unspecified atom stereocenters. The number of ether oxygens (including phenoxy) is 2. The summed E-state index contributed by atoms with van der Waals surface area (Å²) < 4.78 is 11.5. The summed E-state index contributed by atoms with van der Waals surface area (Å²) in [4.78, 5) is 0. The molecule has 1 aromatic carbocycles. The number of hydrogen-bond acceptors (Lipinski definition) is 3. The molecule has 1 atom stereocenters. The van der Waals surface area contributed by atoms with Gasteiger partial charge in [-0.05, 0) is 37.8 Å². The van der Waals surface area contributed by atoms with Crippen LogP contribution in [0.15, 0.2) is 47.9 Å². The van der Waals surface area contributed by atoms with Gasteiger partial charge in [0.1, 0.15) is 18.1 Å². The second-order valence-corrected chi connectivity index (χ2v) is 5.93. The van der Waals surface area contributed by atoms with E-state index in [0.29, 0.717) is 6.42 Å². The van der Waals surface area contributed by atoms with Crippen LogP contribution in [0.3, 0.4) is 0 Å². The number of rotatable bonds is 3. The Bertz CT molecular complexity index is 607. The van der Waals surface area contributed by atoms with E-state index in [1.807, 2.05) is 38.1 Å². The van der Waals surface area contributed by atoms with E-state index < -0.39 is 11.4 Å². The Hall–Kier alpha value is -1.74. The molecule has 1 aliphatic heterocycles. The maximum Gasteiger partial charge on any atom is 0.276 e. The lowest BCUT2D eigenvalue weighted by atomic mass is 9.82. The Morgan fingerprint density at radius 2 is 1.71 bits per heavy atom. The molecule has 1 aromatic rings. The molecule has 0 saturated carbocycles. The normalized spacial score (nSPS) is 26.9. The zero-order chi connectivity index (χ0) is 15.1. The first kappa shape index (κ1) is 14.2. The lowest BCUT2D eigenvalue weighted by molar-refractivity contribution is -0.153. The number of hydrogen-bond donors (Lipinski definition) is 1. The Morgan fingerprint density at radius 1 is 1.10 bits per heavy atom. The highest BCUT2D eigenvalue weighted by Crippen LogP contribution is 2.48. The van der Waals surface area contributed by atoms with Crippen LogP contribution in [0.4, 0.5) is 0 Å². The molecule has 3 rings (SSSR count). The molecule has 0 saturated heterocycles. The lowest BCUT2D eigenvalue weighted by Gasteiger charge is -2.34. The molecule has 3 heteroatoms. The summed E-state index contributed by atoms with van der Waals surface area (Å²) in [6, 6.07) is 7.90. The van der Waals surface area contributed by atoms with Crippen LogP contribution in [0.25, 0.3) is 0 Å². The minimum Gasteiger partial charge on any atom is -0.453 e. The molecule has 21 heavy (non-hydrogen) atoms. The monoisotopic (exact) mass is 286 g/mol. The van der Waals surface area contributed by atoms with Crippen LogP contribution in [0, 0.1) is 0 Å². The minimum absolute atomic E-state index is 0.675. The average molecular weight is 286 g/mol. The molecular weight excluding hydrogens is 264 g/mol. The van der Waals surface area contributed by atoms with Crippen molar-refractivity contribution in [2.24, 2.45) is 0 Å². The topological polar surface area (TPSA) is 38.7 Å². The van der Waals surface area contributed by atoms with Crippen molar-refractivity contribution in [2.75, 3.05) is 0 Å². The fraction of sp³-hybridized carbons (Fsp3) is 0.444. The summed E-state index contributed by atoms with van der Waals surface area (Å²) in [5, 5.41) is 11.3. The van der Waals surface area contributed by atoms with Crippen LogP contribution in [0.1, 0.15) is 51.2 Å². The van der Waals surface area contributed by atoms with Gasteiger partial charge in [0.25, 0.3) is 5.79 Å². The van der Waals surface area contributed by atoms with E-state index in [9.17, 15) is 5.11 Å². The van der Waals surface area contributed by atoms with Gasteiger partial charge in [0, 0.05) is 12.0 Å². The molecule has 112 valence electrons. The van der Waals surface area contributed by atoms with Gasteiger partial charge in [0.05, 0.1) is 0 Å². The van der Waals surface area contributed by atoms with Gasteiger partial charge in [-0.3, -0.25) is 0 Å². The van der Waals surface area contributed by atoms with Gasteiger partial charge in [-0.2, -0.15) is 0 Å². The third-order valence-corrected chi connectivity index (χ3v) is 4.94. The number of allylic oxidation sites excluding steroid dienone is 1. The first-order chi connectivity index (χ1) is 10.0.